The van der Waals surface area contributed by atoms with Crippen LogP contribution in [0.1, 0.15) is 58.2 Å². The molecule has 0 unspecified atom stereocenters. The van der Waals surface area contributed by atoms with Gasteiger partial charge in [-0.05, 0) is 75.5 Å². The van der Waals surface area contributed by atoms with Crippen LogP contribution in [0.25, 0.3) is 33.7 Å². The van der Waals surface area contributed by atoms with Crippen LogP contribution < -0.4 is 0 Å². The van der Waals surface area contributed by atoms with Crippen LogP contribution in [0.3, 0.4) is 0 Å². The number of halogens is 1. The summed E-state index contributed by atoms with van der Waals surface area (Å²) in [6.45, 7) is 13.4. The fourth-order valence-electron chi connectivity index (χ4n) is 4.43. The predicted octanol–water partition coefficient (Wildman–Crippen LogP) is 9.65. The molecule has 0 spiro atoms. The summed E-state index contributed by atoms with van der Waals surface area (Å²) in [6.07, 6.45) is 1.93. The van der Waals surface area contributed by atoms with Crippen molar-refractivity contribution in [1.29, 1.82) is 0 Å². The van der Waals surface area contributed by atoms with Crippen molar-refractivity contribution in [3.63, 3.8) is 0 Å². The number of para-hydroxylation sites is 2. The lowest BCUT2D eigenvalue weighted by atomic mass is 9.79. The molecule has 0 aliphatic rings. The molecule has 1 heterocycles. The van der Waals surface area contributed by atoms with Crippen LogP contribution in [-0.2, 0) is 10.8 Å². The highest BCUT2D eigenvalue weighted by atomic mass is 19.1. The molecule has 0 amide bonds. The Kier molecular flexibility index (Phi) is 6.52. The molecular weight excluding hydrogens is 471 g/mol. The van der Waals surface area contributed by atoms with E-state index in [2.05, 4.69) is 59.7 Å². The van der Waals surface area contributed by atoms with Gasteiger partial charge in [-0.25, -0.2) is 9.37 Å². The Labute approximate surface area is 224 Å². The van der Waals surface area contributed by atoms with Crippen LogP contribution in [0.5, 0.6) is 0 Å². The van der Waals surface area contributed by atoms with Crippen molar-refractivity contribution in [1.82, 2.24) is 4.98 Å². The van der Waals surface area contributed by atoms with Crippen molar-refractivity contribution in [3.8, 4) is 22.6 Å². The van der Waals surface area contributed by atoms with Crippen molar-refractivity contribution in [2.45, 2.75) is 52.4 Å². The van der Waals surface area contributed by atoms with Crippen LogP contribution in [0.2, 0.25) is 0 Å². The first-order valence-corrected chi connectivity index (χ1v) is 12.9. The molecule has 38 heavy (non-hydrogen) atoms. The molecule has 3 nitrogen and oxygen atoms in total. The smallest absolute Gasteiger partial charge is 0.229 e. The number of aliphatic imine (C=N–C) groups is 1. The zero-order valence-electron chi connectivity index (χ0n) is 22.8. The van der Waals surface area contributed by atoms with Crippen molar-refractivity contribution < 1.29 is 8.81 Å². The van der Waals surface area contributed by atoms with Gasteiger partial charge in [-0.3, -0.25) is 4.99 Å². The molecule has 192 valence electrons. The summed E-state index contributed by atoms with van der Waals surface area (Å²) in [4.78, 5) is 9.75. The number of hydrogen-bond donors (Lipinski definition) is 0. The normalized spacial score (nSPS) is 12.5. The van der Waals surface area contributed by atoms with E-state index >= 15 is 0 Å². The molecule has 4 heteroatoms. The lowest BCUT2D eigenvalue weighted by Crippen LogP contribution is -2.17. The van der Waals surface area contributed by atoms with E-state index in [4.69, 9.17) is 14.4 Å². The number of benzene rings is 4. The first kappa shape index (κ1) is 25.6. The third-order valence-corrected chi connectivity index (χ3v) is 6.75. The van der Waals surface area contributed by atoms with Crippen LogP contribution in [-0.4, -0.2) is 11.2 Å². The molecule has 0 atom stereocenters. The van der Waals surface area contributed by atoms with Crippen LogP contribution in [0.15, 0.2) is 94.3 Å². The van der Waals surface area contributed by atoms with Gasteiger partial charge in [0.05, 0.1) is 11.3 Å². The van der Waals surface area contributed by atoms with Crippen LogP contribution in [0, 0.1) is 5.82 Å². The number of oxazole rings is 1. The molecule has 0 aliphatic carbocycles. The minimum absolute atomic E-state index is 0.0299. The molecule has 1 aromatic heterocycles. The largest absolute Gasteiger partial charge is 0.436 e. The highest BCUT2D eigenvalue weighted by Gasteiger charge is 2.20. The number of hydrogen-bond acceptors (Lipinski definition) is 3. The molecule has 5 rings (SSSR count). The predicted molar refractivity (Wildman–Crippen MR) is 156 cm³/mol. The van der Waals surface area contributed by atoms with Gasteiger partial charge in [0.2, 0.25) is 5.89 Å². The number of aromatic nitrogens is 1. The highest BCUT2D eigenvalue weighted by Crippen LogP contribution is 2.36. The second kappa shape index (κ2) is 9.68. The Hall–Kier alpha value is -4.05. The molecule has 0 bridgehead atoms. The summed E-state index contributed by atoms with van der Waals surface area (Å²) in [6, 6.07) is 26.8. The van der Waals surface area contributed by atoms with Gasteiger partial charge in [0, 0.05) is 11.8 Å². The first-order valence-electron chi connectivity index (χ1n) is 12.9. The fourth-order valence-corrected chi connectivity index (χ4v) is 4.43. The maximum Gasteiger partial charge on any atom is 0.229 e. The average molecular weight is 505 g/mol. The van der Waals surface area contributed by atoms with Gasteiger partial charge in [-0.1, -0.05) is 84.0 Å². The minimum atomic E-state index is -0.267. The summed E-state index contributed by atoms with van der Waals surface area (Å²) >= 11 is 0. The third kappa shape index (κ3) is 5.31. The molecule has 4 aromatic carbocycles. The molecule has 5 aromatic rings. The van der Waals surface area contributed by atoms with E-state index in [0.29, 0.717) is 11.5 Å². The zero-order valence-corrected chi connectivity index (χ0v) is 22.8. The van der Waals surface area contributed by atoms with E-state index < -0.39 is 0 Å². The van der Waals surface area contributed by atoms with Gasteiger partial charge in [-0.2, -0.15) is 0 Å². The number of fused-ring (bicyclic) bond motifs is 1. The number of rotatable bonds is 4. The lowest BCUT2D eigenvalue weighted by molar-refractivity contribution is 0.568. The second-order valence-corrected chi connectivity index (χ2v) is 11.8. The van der Waals surface area contributed by atoms with E-state index in [1.807, 2.05) is 48.7 Å². The maximum atomic E-state index is 13.5. The van der Waals surface area contributed by atoms with E-state index in [9.17, 15) is 4.39 Å². The summed E-state index contributed by atoms with van der Waals surface area (Å²) in [5, 5.41) is 0. The van der Waals surface area contributed by atoms with Crippen LogP contribution in [0.4, 0.5) is 10.1 Å². The second-order valence-electron chi connectivity index (χ2n) is 11.8. The third-order valence-electron chi connectivity index (χ3n) is 6.75. The van der Waals surface area contributed by atoms with Gasteiger partial charge < -0.3 is 4.42 Å². The summed E-state index contributed by atoms with van der Waals surface area (Å²) in [5.41, 5.74) is 8.48. The SMILES string of the molecule is CC(C)(C)c1cc(C=Nc2ccccc2-c2nc3c(-c4ccc(F)cc4)cccc3o2)cc(C(C)(C)C)c1. The van der Waals surface area contributed by atoms with Gasteiger partial charge in [0.25, 0.3) is 0 Å². The van der Waals surface area contributed by atoms with Crippen molar-refractivity contribution in [2.24, 2.45) is 4.99 Å². The molecule has 0 saturated heterocycles. The van der Waals surface area contributed by atoms with E-state index in [1.165, 1.54) is 23.3 Å². The average Bonchev–Trinajstić information content (AvgIpc) is 3.31. The quantitative estimate of drug-likeness (QED) is 0.229. The highest BCUT2D eigenvalue weighted by molar-refractivity contribution is 5.93. The summed E-state index contributed by atoms with van der Waals surface area (Å²) in [5.74, 6) is 0.234. The standard InChI is InChI=1S/C34H33FN2O/c1-33(2,3)24-18-22(19-25(20-24)34(4,5)6)21-36-29-12-8-7-10-28(29)32-37-31-27(11-9-13-30(31)38-32)23-14-16-26(35)17-15-23/h7-21H,1-6H3. The Bertz CT molecular complexity index is 1600. The van der Waals surface area contributed by atoms with Crippen molar-refractivity contribution in [2.75, 3.05) is 0 Å². The molecule has 0 N–H and O–H groups in total. The molecule has 0 saturated carbocycles. The molecule has 0 radical (unpaired) electrons. The molecule has 0 aliphatic heterocycles. The topological polar surface area (TPSA) is 38.4 Å². The minimum Gasteiger partial charge on any atom is -0.436 e. The van der Waals surface area contributed by atoms with Crippen molar-refractivity contribution in [3.05, 3.63) is 107 Å². The maximum absolute atomic E-state index is 13.5. The Morgan fingerprint density at radius 2 is 1.37 bits per heavy atom. The summed E-state index contributed by atoms with van der Waals surface area (Å²) < 4.78 is 19.7. The van der Waals surface area contributed by atoms with Gasteiger partial charge in [-0.15, -0.1) is 0 Å². The zero-order chi connectivity index (χ0) is 27.1. The fraction of sp³-hybridized carbons (Fsp3) is 0.235. The van der Waals surface area contributed by atoms with Gasteiger partial charge >= 0.3 is 0 Å². The number of nitrogens with zero attached hydrogens (tertiary/aromatic N) is 2. The lowest BCUT2D eigenvalue weighted by Gasteiger charge is -2.25. The van der Waals surface area contributed by atoms with Gasteiger partial charge in [0.15, 0.2) is 5.58 Å². The first-order chi connectivity index (χ1) is 18.0. The Morgan fingerprint density at radius 1 is 0.737 bits per heavy atom. The Morgan fingerprint density at radius 3 is 2.03 bits per heavy atom. The van der Waals surface area contributed by atoms with E-state index in [-0.39, 0.29) is 16.6 Å². The monoisotopic (exact) mass is 504 g/mol. The summed E-state index contributed by atoms with van der Waals surface area (Å²) in [7, 11) is 0. The Balaban J connectivity index is 1.56. The molecule has 0 fully saturated rings. The van der Waals surface area contributed by atoms with Crippen LogP contribution >= 0.6 is 0 Å². The van der Waals surface area contributed by atoms with Gasteiger partial charge in [0.1, 0.15) is 11.3 Å². The van der Waals surface area contributed by atoms with E-state index in [1.54, 1.807) is 12.1 Å². The molecular formula is C34H33FN2O. The van der Waals surface area contributed by atoms with E-state index in [0.717, 1.165) is 33.5 Å². The van der Waals surface area contributed by atoms with Crippen molar-refractivity contribution >= 4 is 23.0 Å².